The Morgan fingerprint density at radius 2 is 2.36 bits per heavy atom. The van der Waals surface area contributed by atoms with Crippen LogP contribution in [-0.4, -0.2) is 5.11 Å². The molecule has 1 aliphatic carbocycles. The summed E-state index contributed by atoms with van der Waals surface area (Å²) in [6.07, 6.45) is 1.64. The largest absolute Gasteiger partial charge is 0.385 e. The van der Waals surface area contributed by atoms with Gasteiger partial charge in [-0.15, -0.1) is 0 Å². The normalized spacial score (nSPS) is 30.4. The van der Waals surface area contributed by atoms with Crippen molar-refractivity contribution >= 4 is 11.6 Å². The molecule has 2 rings (SSSR count). The predicted octanol–water partition coefficient (Wildman–Crippen LogP) is 3.10. The van der Waals surface area contributed by atoms with E-state index in [0.717, 1.165) is 12.8 Å². The van der Waals surface area contributed by atoms with Gasteiger partial charge in [-0.25, -0.2) is 4.39 Å². The lowest BCUT2D eigenvalue weighted by Crippen LogP contribution is -2.08. The SMILES string of the molecule is CCC1CC1(O)c1ccc(Cl)c(F)c1. The Kier molecular flexibility index (Phi) is 2.28. The first-order chi connectivity index (χ1) is 6.58. The zero-order valence-electron chi connectivity index (χ0n) is 7.93. The molecule has 0 saturated heterocycles. The first-order valence-electron chi connectivity index (χ1n) is 4.76. The summed E-state index contributed by atoms with van der Waals surface area (Å²) in [5.74, 6) is -0.192. The summed E-state index contributed by atoms with van der Waals surface area (Å²) >= 11 is 5.56. The number of hydrogen-bond donors (Lipinski definition) is 1. The first-order valence-corrected chi connectivity index (χ1v) is 5.13. The molecule has 1 N–H and O–H groups in total. The second-order valence-electron chi connectivity index (χ2n) is 3.86. The third-order valence-electron chi connectivity index (χ3n) is 2.99. The molecule has 1 fully saturated rings. The van der Waals surface area contributed by atoms with Crippen LogP contribution in [0.3, 0.4) is 0 Å². The highest BCUT2D eigenvalue weighted by Gasteiger charge is 2.52. The van der Waals surface area contributed by atoms with Crippen molar-refractivity contribution < 1.29 is 9.50 Å². The number of benzene rings is 1. The molecule has 0 spiro atoms. The Bertz CT molecular complexity index is 366. The van der Waals surface area contributed by atoms with Gasteiger partial charge >= 0.3 is 0 Å². The summed E-state index contributed by atoms with van der Waals surface area (Å²) in [5, 5.41) is 10.2. The quantitative estimate of drug-likeness (QED) is 0.802. The van der Waals surface area contributed by atoms with Crippen molar-refractivity contribution in [3.8, 4) is 0 Å². The van der Waals surface area contributed by atoms with Gasteiger partial charge in [0, 0.05) is 0 Å². The number of hydrogen-bond acceptors (Lipinski definition) is 1. The maximum absolute atomic E-state index is 13.1. The van der Waals surface area contributed by atoms with Crippen molar-refractivity contribution in [2.75, 3.05) is 0 Å². The van der Waals surface area contributed by atoms with Crippen molar-refractivity contribution in [1.29, 1.82) is 0 Å². The van der Waals surface area contributed by atoms with E-state index in [4.69, 9.17) is 11.6 Å². The summed E-state index contributed by atoms with van der Waals surface area (Å²) in [5.41, 5.74) is -0.161. The molecule has 0 heterocycles. The van der Waals surface area contributed by atoms with Crippen LogP contribution >= 0.6 is 11.6 Å². The van der Waals surface area contributed by atoms with Gasteiger partial charge in [-0.1, -0.05) is 31.0 Å². The van der Waals surface area contributed by atoms with E-state index in [1.165, 1.54) is 12.1 Å². The van der Waals surface area contributed by atoms with Gasteiger partial charge in [0.05, 0.1) is 10.6 Å². The number of aliphatic hydroxyl groups is 1. The Labute approximate surface area is 87.5 Å². The van der Waals surface area contributed by atoms with Crippen LogP contribution in [0.4, 0.5) is 4.39 Å². The van der Waals surface area contributed by atoms with E-state index in [1.807, 2.05) is 6.92 Å². The molecule has 1 nitrogen and oxygen atoms in total. The van der Waals surface area contributed by atoms with Gasteiger partial charge in [0.1, 0.15) is 5.82 Å². The summed E-state index contributed by atoms with van der Waals surface area (Å²) in [6, 6.07) is 4.52. The lowest BCUT2D eigenvalue weighted by Gasteiger charge is -2.10. The van der Waals surface area contributed by atoms with E-state index >= 15 is 0 Å². The van der Waals surface area contributed by atoms with Crippen molar-refractivity contribution in [2.24, 2.45) is 5.92 Å². The first kappa shape index (κ1) is 9.94. The van der Waals surface area contributed by atoms with Gasteiger partial charge in [-0.05, 0) is 30.0 Å². The second kappa shape index (κ2) is 3.21. The van der Waals surface area contributed by atoms with E-state index in [1.54, 1.807) is 6.07 Å². The molecule has 0 aliphatic heterocycles. The highest BCUT2D eigenvalue weighted by atomic mass is 35.5. The third-order valence-corrected chi connectivity index (χ3v) is 3.29. The molecular formula is C11H12ClFO. The summed E-state index contributed by atoms with van der Waals surface area (Å²) < 4.78 is 13.1. The maximum Gasteiger partial charge on any atom is 0.142 e. The monoisotopic (exact) mass is 214 g/mol. The van der Waals surface area contributed by atoms with Gasteiger partial charge in [0.25, 0.3) is 0 Å². The maximum atomic E-state index is 13.1. The van der Waals surface area contributed by atoms with E-state index in [2.05, 4.69) is 0 Å². The smallest absolute Gasteiger partial charge is 0.142 e. The topological polar surface area (TPSA) is 20.2 Å². The molecule has 1 aliphatic rings. The van der Waals surface area contributed by atoms with Crippen LogP contribution in [-0.2, 0) is 5.60 Å². The molecule has 1 saturated carbocycles. The highest BCUT2D eigenvalue weighted by Crippen LogP contribution is 2.53. The van der Waals surface area contributed by atoms with Crippen molar-refractivity contribution in [3.05, 3.63) is 34.6 Å². The molecule has 2 atom stereocenters. The number of halogens is 2. The summed E-state index contributed by atoms with van der Waals surface area (Å²) in [4.78, 5) is 0. The fourth-order valence-corrected chi connectivity index (χ4v) is 2.04. The fraction of sp³-hybridized carbons (Fsp3) is 0.455. The van der Waals surface area contributed by atoms with Gasteiger partial charge in [-0.3, -0.25) is 0 Å². The Hall–Kier alpha value is -0.600. The molecular weight excluding hydrogens is 203 g/mol. The minimum Gasteiger partial charge on any atom is -0.385 e. The molecule has 0 amide bonds. The van der Waals surface area contributed by atoms with Crippen LogP contribution in [0, 0.1) is 11.7 Å². The van der Waals surface area contributed by atoms with Gasteiger partial charge in [-0.2, -0.15) is 0 Å². The second-order valence-corrected chi connectivity index (χ2v) is 4.27. The average molecular weight is 215 g/mol. The van der Waals surface area contributed by atoms with Crippen molar-refractivity contribution in [3.63, 3.8) is 0 Å². The summed E-state index contributed by atoms with van der Waals surface area (Å²) in [7, 11) is 0. The van der Waals surface area contributed by atoms with E-state index in [0.29, 0.717) is 5.56 Å². The molecule has 0 aromatic heterocycles. The van der Waals surface area contributed by atoms with Gasteiger partial charge < -0.3 is 5.11 Å². The molecule has 0 bridgehead atoms. The minimum absolute atomic E-state index is 0.103. The minimum atomic E-state index is -0.805. The molecule has 1 aromatic rings. The average Bonchev–Trinajstić information content (AvgIpc) is 2.83. The molecule has 76 valence electrons. The summed E-state index contributed by atoms with van der Waals surface area (Å²) in [6.45, 7) is 2.02. The molecule has 2 unspecified atom stereocenters. The van der Waals surface area contributed by atoms with Crippen molar-refractivity contribution in [1.82, 2.24) is 0 Å². The van der Waals surface area contributed by atoms with Crippen molar-refractivity contribution in [2.45, 2.75) is 25.4 Å². The van der Waals surface area contributed by atoms with E-state index in [9.17, 15) is 9.50 Å². The molecule has 14 heavy (non-hydrogen) atoms. The van der Waals surface area contributed by atoms with Crippen LogP contribution in [0.15, 0.2) is 18.2 Å². The van der Waals surface area contributed by atoms with E-state index < -0.39 is 11.4 Å². The number of rotatable bonds is 2. The third kappa shape index (κ3) is 1.43. The highest BCUT2D eigenvalue weighted by molar-refractivity contribution is 6.30. The lowest BCUT2D eigenvalue weighted by atomic mass is 10.0. The Morgan fingerprint density at radius 3 is 2.86 bits per heavy atom. The molecule has 3 heteroatoms. The fourth-order valence-electron chi connectivity index (χ4n) is 1.92. The van der Waals surface area contributed by atoms with Crippen LogP contribution in [0.25, 0.3) is 0 Å². The molecule has 1 aromatic carbocycles. The zero-order chi connectivity index (χ0) is 10.3. The zero-order valence-corrected chi connectivity index (χ0v) is 8.68. The van der Waals surface area contributed by atoms with Crippen LogP contribution in [0.5, 0.6) is 0 Å². The van der Waals surface area contributed by atoms with Crippen LogP contribution in [0.2, 0.25) is 5.02 Å². The van der Waals surface area contributed by atoms with Gasteiger partial charge in [0.15, 0.2) is 0 Å². The Balaban J connectivity index is 2.31. The lowest BCUT2D eigenvalue weighted by molar-refractivity contribution is 0.130. The predicted molar refractivity (Wildman–Crippen MR) is 53.7 cm³/mol. The van der Waals surface area contributed by atoms with Crippen LogP contribution in [0.1, 0.15) is 25.3 Å². The van der Waals surface area contributed by atoms with Gasteiger partial charge in [0.2, 0.25) is 0 Å². The molecule has 0 radical (unpaired) electrons. The Morgan fingerprint density at radius 1 is 1.64 bits per heavy atom. The standard InChI is InChI=1S/C11H12ClFO/c1-2-7-6-11(7,14)8-3-4-9(12)10(13)5-8/h3-5,7,14H,2,6H2,1H3. The van der Waals surface area contributed by atoms with E-state index in [-0.39, 0.29) is 10.9 Å². The van der Waals surface area contributed by atoms with Crippen LogP contribution < -0.4 is 0 Å².